The maximum absolute atomic E-state index is 15.8. The minimum absolute atomic E-state index is 0.0160. The van der Waals surface area contributed by atoms with E-state index in [1.165, 1.54) is 37.7 Å². The summed E-state index contributed by atoms with van der Waals surface area (Å²) in [6.07, 6.45) is 9.04. The molecule has 0 aromatic heterocycles. The molecule has 1 unspecified atom stereocenters. The summed E-state index contributed by atoms with van der Waals surface area (Å²) in [4.78, 5) is 16.9. The Morgan fingerprint density at radius 2 is 1.89 bits per heavy atom. The van der Waals surface area contributed by atoms with Gasteiger partial charge < -0.3 is 15.0 Å². The molecule has 1 aliphatic carbocycles. The van der Waals surface area contributed by atoms with Gasteiger partial charge in [0.2, 0.25) is 5.91 Å². The SMILES string of the molecule is Cc1cc(F)c2c(c1)CC(C)OC[C@]21C[NH2+]C[C@H]1C(=O)N1CC[C@@H](c2ccccc2)C[C@H]1C1CCCCC1. The number of carbonyl (C=O) groups is 1. The predicted octanol–water partition coefficient (Wildman–Crippen LogP) is 4.88. The molecular formula is C33H44FN2O2+. The first-order valence-electron chi connectivity index (χ1n) is 15.0. The molecule has 2 saturated heterocycles. The molecule has 3 heterocycles. The third-order valence-corrected chi connectivity index (χ3v) is 10.2. The molecule has 5 heteroatoms. The minimum atomic E-state index is -0.609. The lowest BCUT2D eigenvalue weighted by Crippen LogP contribution is -2.82. The van der Waals surface area contributed by atoms with Crippen LogP contribution in [0.5, 0.6) is 0 Å². The van der Waals surface area contributed by atoms with Gasteiger partial charge in [-0.15, -0.1) is 0 Å². The van der Waals surface area contributed by atoms with Crippen LogP contribution >= 0.6 is 0 Å². The number of nitrogens with zero attached hydrogens (tertiary/aromatic N) is 1. The van der Waals surface area contributed by atoms with Crippen LogP contribution in [0.25, 0.3) is 0 Å². The Labute approximate surface area is 227 Å². The van der Waals surface area contributed by atoms with E-state index in [2.05, 4.69) is 53.5 Å². The van der Waals surface area contributed by atoms with Crippen LogP contribution in [0.2, 0.25) is 0 Å². The molecule has 2 N–H and O–H groups in total. The summed E-state index contributed by atoms with van der Waals surface area (Å²) in [6, 6.07) is 14.9. The average Bonchev–Trinajstić information content (AvgIpc) is 3.30. The summed E-state index contributed by atoms with van der Waals surface area (Å²) in [7, 11) is 0. The average molecular weight is 520 g/mol. The van der Waals surface area contributed by atoms with Gasteiger partial charge >= 0.3 is 0 Å². The molecule has 2 aromatic rings. The first-order valence-corrected chi connectivity index (χ1v) is 15.0. The highest BCUT2D eigenvalue weighted by atomic mass is 19.1. The van der Waals surface area contributed by atoms with E-state index in [0.717, 1.165) is 36.1 Å². The normalized spacial score (nSPS) is 32.2. The number of benzene rings is 2. The van der Waals surface area contributed by atoms with Crippen molar-refractivity contribution in [1.29, 1.82) is 0 Å². The fourth-order valence-corrected chi connectivity index (χ4v) is 8.38. The molecule has 1 saturated carbocycles. The lowest BCUT2D eigenvalue weighted by molar-refractivity contribution is -0.640. The number of nitrogens with two attached hydrogens (primary N) is 1. The van der Waals surface area contributed by atoms with Crippen LogP contribution in [-0.4, -0.2) is 49.2 Å². The Kier molecular flexibility index (Phi) is 7.34. The fraction of sp³-hybridized carbons (Fsp3) is 0.606. The van der Waals surface area contributed by atoms with Crippen molar-refractivity contribution in [3.8, 4) is 0 Å². The van der Waals surface area contributed by atoms with Gasteiger partial charge in [-0.25, -0.2) is 4.39 Å². The zero-order valence-electron chi connectivity index (χ0n) is 23.1. The van der Waals surface area contributed by atoms with Crippen molar-refractivity contribution < 1.29 is 19.2 Å². The van der Waals surface area contributed by atoms with Crippen LogP contribution in [-0.2, 0) is 21.4 Å². The van der Waals surface area contributed by atoms with Gasteiger partial charge in [-0.05, 0) is 80.5 Å². The lowest BCUT2D eigenvalue weighted by atomic mass is 9.69. The van der Waals surface area contributed by atoms with E-state index in [9.17, 15) is 4.79 Å². The zero-order valence-corrected chi connectivity index (χ0v) is 23.1. The van der Waals surface area contributed by atoms with Gasteiger partial charge in [0.15, 0.2) is 0 Å². The quantitative estimate of drug-likeness (QED) is 0.628. The largest absolute Gasteiger partial charge is 0.377 e. The Morgan fingerprint density at radius 3 is 2.68 bits per heavy atom. The number of carbonyl (C=O) groups excluding carboxylic acids is 1. The number of piperidine rings is 1. The molecule has 2 aromatic carbocycles. The van der Waals surface area contributed by atoms with Crippen molar-refractivity contribution >= 4 is 5.91 Å². The Bertz CT molecular complexity index is 1150. The maximum atomic E-state index is 15.8. The molecule has 4 aliphatic rings. The first kappa shape index (κ1) is 26.0. The van der Waals surface area contributed by atoms with Gasteiger partial charge in [-0.2, -0.15) is 0 Å². The summed E-state index contributed by atoms with van der Waals surface area (Å²) < 4.78 is 22.2. The number of likely N-dealkylation sites (tertiary alicyclic amines) is 1. The van der Waals surface area contributed by atoms with Crippen LogP contribution in [0.15, 0.2) is 42.5 Å². The zero-order chi connectivity index (χ0) is 26.3. The molecule has 38 heavy (non-hydrogen) atoms. The highest BCUT2D eigenvalue weighted by molar-refractivity contribution is 5.82. The highest BCUT2D eigenvalue weighted by Gasteiger charge is 2.56. The van der Waals surface area contributed by atoms with Crippen LogP contribution in [0, 0.1) is 24.6 Å². The van der Waals surface area contributed by atoms with E-state index < -0.39 is 5.41 Å². The number of fused-ring (bicyclic) bond motifs is 2. The van der Waals surface area contributed by atoms with Crippen molar-refractivity contribution in [3.63, 3.8) is 0 Å². The molecular weight excluding hydrogens is 475 g/mol. The third kappa shape index (κ3) is 4.70. The van der Waals surface area contributed by atoms with E-state index >= 15 is 4.39 Å². The molecule has 3 aliphatic heterocycles. The van der Waals surface area contributed by atoms with Crippen LogP contribution < -0.4 is 5.32 Å². The fourth-order valence-electron chi connectivity index (χ4n) is 8.38. The van der Waals surface area contributed by atoms with Gasteiger partial charge in [0.05, 0.1) is 31.2 Å². The van der Waals surface area contributed by atoms with Gasteiger partial charge in [0, 0.05) is 18.2 Å². The van der Waals surface area contributed by atoms with Gasteiger partial charge in [0.25, 0.3) is 0 Å². The van der Waals surface area contributed by atoms with Gasteiger partial charge in [-0.1, -0.05) is 55.7 Å². The number of aryl methyl sites for hydroxylation is 1. The van der Waals surface area contributed by atoms with Crippen LogP contribution in [0.4, 0.5) is 4.39 Å². The van der Waals surface area contributed by atoms with Gasteiger partial charge in [0.1, 0.15) is 11.7 Å². The second-order valence-corrected chi connectivity index (χ2v) is 12.7. The molecule has 5 atom stereocenters. The van der Waals surface area contributed by atoms with E-state index in [0.29, 0.717) is 38.0 Å². The van der Waals surface area contributed by atoms with Crippen molar-refractivity contribution in [2.24, 2.45) is 11.8 Å². The van der Waals surface area contributed by atoms with Crippen molar-refractivity contribution in [2.45, 2.75) is 88.7 Å². The second-order valence-electron chi connectivity index (χ2n) is 12.7. The minimum Gasteiger partial charge on any atom is -0.377 e. The molecule has 6 rings (SSSR count). The Balaban J connectivity index is 1.34. The van der Waals surface area contributed by atoms with Gasteiger partial charge in [-0.3, -0.25) is 4.79 Å². The molecule has 0 bridgehead atoms. The van der Waals surface area contributed by atoms with E-state index in [-0.39, 0.29) is 29.8 Å². The molecule has 204 valence electrons. The second kappa shape index (κ2) is 10.7. The molecule has 0 radical (unpaired) electrons. The number of amides is 1. The smallest absolute Gasteiger partial charge is 0.232 e. The molecule has 4 nitrogen and oxygen atoms in total. The highest BCUT2D eigenvalue weighted by Crippen LogP contribution is 2.44. The standard InChI is InChI=1S/C33H43FN2O2/c1-22-15-27-17-23(2)38-21-33(31(27)29(34)16-22)20-35-19-28(33)32(37)36-14-13-26(24-9-5-3-6-10-24)18-30(36)25-11-7-4-8-12-25/h3,5-6,9-10,15-16,23,25-26,28,30,35H,4,7-8,11-14,17-21H2,1-2H3/p+1/t23?,26-,28+,30+,33+/m1/s1. The number of ether oxygens (including phenoxy) is 1. The summed E-state index contributed by atoms with van der Waals surface area (Å²) in [5.41, 5.74) is 3.53. The number of hydrogen-bond donors (Lipinski definition) is 1. The summed E-state index contributed by atoms with van der Waals surface area (Å²) in [5, 5.41) is 2.23. The molecule has 1 amide bonds. The number of quaternary nitrogens is 1. The summed E-state index contributed by atoms with van der Waals surface area (Å²) >= 11 is 0. The van der Waals surface area contributed by atoms with Crippen molar-refractivity contribution in [3.05, 3.63) is 70.5 Å². The maximum Gasteiger partial charge on any atom is 0.232 e. The number of hydrogen-bond acceptors (Lipinski definition) is 2. The summed E-state index contributed by atoms with van der Waals surface area (Å²) in [5.74, 6) is 0.891. The lowest BCUT2D eigenvalue weighted by Gasteiger charge is -2.46. The van der Waals surface area contributed by atoms with E-state index in [1.54, 1.807) is 6.07 Å². The Morgan fingerprint density at radius 1 is 1.11 bits per heavy atom. The molecule has 3 fully saturated rings. The topological polar surface area (TPSA) is 46.1 Å². The summed E-state index contributed by atoms with van der Waals surface area (Å²) in [6.45, 7) is 6.67. The van der Waals surface area contributed by atoms with Crippen LogP contribution in [0.3, 0.4) is 0 Å². The van der Waals surface area contributed by atoms with E-state index in [4.69, 9.17) is 4.74 Å². The number of halogens is 1. The van der Waals surface area contributed by atoms with E-state index in [1.807, 2.05) is 6.92 Å². The third-order valence-electron chi connectivity index (χ3n) is 10.2. The first-order chi connectivity index (χ1) is 18.5. The van der Waals surface area contributed by atoms with Crippen molar-refractivity contribution in [2.75, 3.05) is 26.2 Å². The Hall–Kier alpha value is -2.24. The van der Waals surface area contributed by atoms with Crippen LogP contribution in [0.1, 0.15) is 80.0 Å². The number of rotatable bonds is 3. The monoisotopic (exact) mass is 519 g/mol. The van der Waals surface area contributed by atoms with Crippen molar-refractivity contribution in [1.82, 2.24) is 4.90 Å². The molecule has 1 spiro atoms. The predicted molar refractivity (Wildman–Crippen MR) is 148 cm³/mol.